The first-order valence-electron chi connectivity index (χ1n) is 6.08. The number of carbonyl (C=O) groups is 1. The lowest BCUT2D eigenvalue weighted by atomic mass is 10.3. The Kier molecular flexibility index (Phi) is 6.57. The van der Waals surface area contributed by atoms with Gasteiger partial charge in [0.2, 0.25) is 0 Å². The van der Waals surface area contributed by atoms with Crippen LogP contribution in [0.4, 0.5) is 4.79 Å². The van der Waals surface area contributed by atoms with E-state index in [0.717, 1.165) is 23.3 Å². The highest BCUT2D eigenvalue weighted by molar-refractivity contribution is 9.10. The number of amides is 2. The Balaban J connectivity index is 2.22. The lowest BCUT2D eigenvalue weighted by molar-refractivity contribution is 0.200. The number of halogens is 1. The van der Waals surface area contributed by atoms with E-state index in [1.807, 2.05) is 38.1 Å². The number of hydrogen-bond acceptors (Lipinski definition) is 2. The molecule has 0 aromatic heterocycles. The van der Waals surface area contributed by atoms with E-state index in [4.69, 9.17) is 4.74 Å². The first-order chi connectivity index (χ1) is 8.67. The van der Waals surface area contributed by atoms with Gasteiger partial charge in [0.1, 0.15) is 12.4 Å². The Morgan fingerprint density at radius 3 is 2.44 bits per heavy atom. The molecule has 0 aliphatic carbocycles. The lowest BCUT2D eigenvalue weighted by Gasteiger charge is -2.19. The molecule has 0 saturated heterocycles. The zero-order valence-electron chi connectivity index (χ0n) is 10.8. The van der Waals surface area contributed by atoms with Gasteiger partial charge in [0, 0.05) is 17.6 Å². The van der Waals surface area contributed by atoms with Crippen LogP contribution >= 0.6 is 15.9 Å². The molecule has 1 aromatic carbocycles. The highest BCUT2D eigenvalue weighted by Gasteiger charge is 2.07. The molecule has 0 aliphatic rings. The second-order valence-electron chi connectivity index (χ2n) is 3.71. The lowest BCUT2D eigenvalue weighted by Crippen LogP contribution is -2.41. The normalized spacial score (nSPS) is 9.94. The van der Waals surface area contributed by atoms with Crippen LogP contribution in [-0.2, 0) is 0 Å². The van der Waals surface area contributed by atoms with E-state index in [1.165, 1.54) is 0 Å². The zero-order valence-corrected chi connectivity index (χ0v) is 12.4. The van der Waals surface area contributed by atoms with Crippen molar-refractivity contribution in [3.05, 3.63) is 28.7 Å². The second kappa shape index (κ2) is 7.97. The molecular weight excluding hydrogens is 296 g/mol. The molecule has 0 saturated carbocycles. The van der Waals surface area contributed by atoms with Crippen molar-refractivity contribution in [3.8, 4) is 5.75 Å². The highest BCUT2D eigenvalue weighted by Crippen LogP contribution is 2.15. The van der Waals surface area contributed by atoms with Gasteiger partial charge in [0.25, 0.3) is 0 Å². The maximum Gasteiger partial charge on any atom is 0.317 e. The molecule has 0 spiro atoms. The molecule has 2 amide bonds. The monoisotopic (exact) mass is 314 g/mol. The van der Waals surface area contributed by atoms with Crippen LogP contribution in [0.5, 0.6) is 5.75 Å². The predicted molar refractivity (Wildman–Crippen MR) is 76.0 cm³/mol. The number of nitrogens with zero attached hydrogens (tertiary/aromatic N) is 1. The van der Waals surface area contributed by atoms with E-state index in [2.05, 4.69) is 21.2 Å². The van der Waals surface area contributed by atoms with Gasteiger partial charge in [0.05, 0.1) is 6.54 Å². The fraction of sp³-hybridized carbons (Fsp3) is 0.462. The van der Waals surface area contributed by atoms with Crippen molar-refractivity contribution >= 4 is 22.0 Å². The van der Waals surface area contributed by atoms with Crippen LogP contribution in [0.2, 0.25) is 0 Å². The van der Waals surface area contributed by atoms with Gasteiger partial charge in [-0.3, -0.25) is 0 Å². The van der Waals surface area contributed by atoms with Crippen LogP contribution in [0.25, 0.3) is 0 Å². The number of ether oxygens (including phenoxy) is 1. The molecular formula is C13H19BrN2O2. The van der Waals surface area contributed by atoms with Crippen molar-refractivity contribution in [3.63, 3.8) is 0 Å². The van der Waals surface area contributed by atoms with Crippen molar-refractivity contribution < 1.29 is 9.53 Å². The van der Waals surface area contributed by atoms with E-state index in [9.17, 15) is 4.79 Å². The number of urea groups is 1. The molecule has 0 bridgehead atoms. The van der Waals surface area contributed by atoms with Crippen LogP contribution < -0.4 is 10.1 Å². The fourth-order valence-corrected chi connectivity index (χ4v) is 1.74. The van der Waals surface area contributed by atoms with Crippen LogP contribution in [0.3, 0.4) is 0 Å². The summed E-state index contributed by atoms with van der Waals surface area (Å²) in [6, 6.07) is 7.57. The number of rotatable bonds is 6. The van der Waals surface area contributed by atoms with E-state index >= 15 is 0 Å². The topological polar surface area (TPSA) is 41.6 Å². The van der Waals surface area contributed by atoms with Crippen LogP contribution in [0.1, 0.15) is 13.8 Å². The average Bonchev–Trinajstić information content (AvgIpc) is 2.38. The minimum absolute atomic E-state index is 0.0422. The molecule has 0 fully saturated rings. The first-order valence-corrected chi connectivity index (χ1v) is 6.87. The largest absolute Gasteiger partial charge is 0.492 e. The van der Waals surface area contributed by atoms with E-state index in [-0.39, 0.29) is 6.03 Å². The maximum absolute atomic E-state index is 11.6. The van der Waals surface area contributed by atoms with Gasteiger partial charge in [-0.1, -0.05) is 15.9 Å². The SMILES string of the molecule is CCN(CC)C(=O)NCCOc1ccc(Br)cc1. The molecule has 18 heavy (non-hydrogen) atoms. The van der Waals surface area contributed by atoms with Gasteiger partial charge < -0.3 is 15.0 Å². The second-order valence-corrected chi connectivity index (χ2v) is 4.62. The zero-order chi connectivity index (χ0) is 13.4. The minimum atomic E-state index is -0.0422. The summed E-state index contributed by atoms with van der Waals surface area (Å²) >= 11 is 3.36. The number of benzene rings is 1. The Labute approximate surface area is 116 Å². The van der Waals surface area contributed by atoms with Gasteiger partial charge in [0.15, 0.2) is 0 Å². The summed E-state index contributed by atoms with van der Waals surface area (Å²) in [4.78, 5) is 13.4. The van der Waals surface area contributed by atoms with Gasteiger partial charge in [-0.05, 0) is 38.1 Å². The smallest absolute Gasteiger partial charge is 0.317 e. The fourth-order valence-electron chi connectivity index (χ4n) is 1.48. The Bertz CT molecular complexity index is 364. The summed E-state index contributed by atoms with van der Waals surface area (Å²) in [5, 5.41) is 2.82. The number of nitrogens with one attached hydrogen (secondary N) is 1. The standard InChI is InChI=1S/C13H19BrN2O2/c1-3-16(4-2)13(17)15-9-10-18-12-7-5-11(14)6-8-12/h5-8H,3-4,9-10H2,1-2H3,(H,15,17). The van der Waals surface area contributed by atoms with Crippen molar-refractivity contribution in [1.29, 1.82) is 0 Å². The van der Waals surface area contributed by atoms with Gasteiger partial charge in [-0.25, -0.2) is 4.79 Å². The molecule has 1 rings (SSSR count). The first kappa shape index (κ1) is 14.8. The van der Waals surface area contributed by atoms with Gasteiger partial charge in [-0.15, -0.1) is 0 Å². The molecule has 0 heterocycles. The molecule has 0 unspecified atom stereocenters. The summed E-state index contributed by atoms with van der Waals surface area (Å²) in [5.41, 5.74) is 0. The third-order valence-corrected chi connectivity index (χ3v) is 3.04. The third kappa shape index (κ3) is 4.96. The molecule has 5 heteroatoms. The summed E-state index contributed by atoms with van der Waals surface area (Å²) in [7, 11) is 0. The molecule has 0 radical (unpaired) electrons. The van der Waals surface area contributed by atoms with E-state index < -0.39 is 0 Å². The molecule has 0 aliphatic heterocycles. The summed E-state index contributed by atoms with van der Waals surface area (Å²) in [6.45, 7) is 6.33. The summed E-state index contributed by atoms with van der Waals surface area (Å²) in [5.74, 6) is 0.801. The van der Waals surface area contributed by atoms with Crippen molar-refractivity contribution in [2.45, 2.75) is 13.8 Å². The summed E-state index contributed by atoms with van der Waals surface area (Å²) in [6.07, 6.45) is 0. The molecule has 0 atom stereocenters. The van der Waals surface area contributed by atoms with Crippen LogP contribution in [0, 0.1) is 0 Å². The number of carbonyl (C=O) groups excluding carboxylic acids is 1. The van der Waals surface area contributed by atoms with Crippen LogP contribution in [-0.4, -0.2) is 37.2 Å². The maximum atomic E-state index is 11.6. The Morgan fingerprint density at radius 2 is 1.89 bits per heavy atom. The van der Waals surface area contributed by atoms with E-state index in [0.29, 0.717) is 13.2 Å². The van der Waals surface area contributed by atoms with Crippen LogP contribution in [0.15, 0.2) is 28.7 Å². The Hall–Kier alpha value is -1.23. The average molecular weight is 315 g/mol. The number of hydrogen-bond donors (Lipinski definition) is 1. The minimum Gasteiger partial charge on any atom is -0.492 e. The molecule has 100 valence electrons. The molecule has 4 nitrogen and oxygen atoms in total. The van der Waals surface area contributed by atoms with Gasteiger partial charge >= 0.3 is 6.03 Å². The molecule has 1 aromatic rings. The quantitative estimate of drug-likeness (QED) is 0.820. The summed E-state index contributed by atoms with van der Waals surface area (Å²) < 4.78 is 6.52. The van der Waals surface area contributed by atoms with E-state index in [1.54, 1.807) is 4.90 Å². The van der Waals surface area contributed by atoms with Crippen molar-refractivity contribution in [2.75, 3.05) is 26.2 Å². The highest BCUT2D eigenvalue weighted by atomic mass is 79.9. The van der Waals surface area contributed by atoms with Gasteiger partial charge in [-0.2, -0.15) is 0 Å². The predicted octanol–water partition coefficient (Wildman–Crippen LogP) is 2.88. The third-order valence-electron chi connectivity index (χ3n) is 2.51. The molecule has 1 N–H and O–H groups in total. The van der Waals surface area contributed by atoms with Crippen molar-refractivity contribution in [1.82, 2.24) is 10.2 Å². The van der Waals surface area contributed by atoms with Crippen molar-refractivity contribution in [2.24, 2.45) is 0 Å². The Morgan fingerprint density at radius 1 is 1.28 bits per heavy atom.